The first-order valence-corrected chi connectivity index (χ1v) is 11.4. The molecule has 0 aliphatic rings. The van der Waals surface area contributed by atoms with Crippen molar-refractivity contribution < 1.29 is 12.8 Å². The molecule has 0 aliphatic heterocycles. The molecular formula is C19H27N5O3S. The van der Waals surface area contributed by atoms with Gasteiger partial charge in [-0.2, -0.15) is 4.98 Å². The number of nitrogens with two attached hydrogens (primary N) is 1. The van der Waals surface area contributed by atoms with E-state index in [9.17, 15) is 8.42 Å². The lowest BCUT2D eigenvalue weighted by molar-refractivity contribution is 0.568. The number of imidazole rings is 1. The Balaban J connectivity index is 1.69. The Bertz CT molecular complexity index is 996. The molecule has 3 aromatic rings. The molecule has 152 valence electrons. The number of furan rings is 1. The van der Waals surface area contributed by atoms with Gasteiger partial charge in [-0.05, 0) is 18.6 Å². The Labute approximate surface area is 165 Å². The fourth-order valence-electron chi connectivity index (χ4n) is 3.20. The van der Waals surface area contributed by atoms with Crippen molar-refractivity contribution in [1.29, 1.82) is 0 Å². The molecule has 3 rings (SSSR count). The Morgan fingerprint density at radius 1 is 1.07 bits per heavy atom. The van der Waals surface area contributed by atoms with Crippen LogP contribution in [-0.2, 0) is 10.0 Å². The summed E-state index contributed by atoms with van der Waals surface area (Å²) in [6.07, 6.45) is 11.5. The van der Waals surface area contributed by atoms with Crippen LogP contribution in [0.25, 0.3) is 22.6 Å². The van der Waals surface area contributed by atoms with E-state index >= 15 is 0 Å². The van der Waals surface area contributed by atoms with E-state index in [-0.39, 0.29) is 17.3 Å². The molecule has 0 spiro atoms. The Morgan fingerprint density at radius 2 is 1.79 bits per heavy atom. The SMILES string of the molecule is CCCCCCCCCCS(=O)(=O)n1cnc2c(-c3ccco3)nc(N)nc21. The summed E-state index contributed by atoms with van der Waals surface area (Å²) in [6.45, 7) is 2.20. The summed E-state index contributed by atoms with van der Waals surface area (Å²) in [4.78, 5) is 12.5. The highest BCUT2D eigenvalue weighted by Crippen LogP contribution is 2.27. The Morgan fingerprint density at radius 3 is 2.46 bits per heavy atom. The van der Waals surface area contributed by atoms with Gasteiger partial charge >= 0.3 is 0 Å². The highest BCUT2D eigenvalue weighted by molar-refractivity contribution is 7.90. The topological polar surface area (TPSA) is 117 Å². The van der Waals surface area contributed by atoms with Gasteiger partial charge in [0.05, 0.1) is 12.0 Å². The number of anilines is 1. The molecule has 0 aliphatic carbocycles. The first kappa shape index (κ1) is 20.3. The number of unbranched alkanes of at least 4 members (excludes halogenated alkanes) is 7. The molecular weight excluding hydrogens is 378 g/mol. The fourth-order valence-corrected chi connectivity index (χ4v) is 4.55. The van der Waals surface area contributed by atoms with E-state index in [0.29, 0.717) is 23.4 Å². The predicted octanol–water partition coefficient (Wildman–Crippen LogP) is 3.99. The third-order valence-electron chi connectivity index (χ3n) is 4.69. The summed E-state index contributed by atoms with van der Waals surface area (Å²) in [5, 5.41) is 0. The second-order valence-corrected chi connectivity index (χ2v) is 8.88. The third-order valence-corrected chi connectivity index (χ3v) is 6.36. The number of aromatic nitrogens is 4. The van der Waals surface area contributed by atoms with Crippen LogP contribution in [0.2, 0.25) is 0 Å². The van der Waals surface area contributed by atoms with Gasteiger partial charge < -0.3 is 10.2 Å². The van der Waals surface area contributed by atoms with E-state index in [1.54, 1.807) is 12.1 Å². The minimum absolute atomic E-state index is 0.0251. The van der Waals surface area contributed by atoms with Crippen LogP contribution in [0.1, 0.15) is 58.3 Å². The average Bonchev–Trinajstić information content (AvgIpc) is 3.33. The molecule has 0 bridgehead atoms. The maximum atomic E-state index is 12.8. The summed E-state index contributed by atoms with van der Waals surface area (Å²) in [6, 6.07) is 3.44. The molecule has 0 radical (unpaired) electrons. The lowest BCUT2D eigenvalue weighted by atomic mass is 10.1. The zero-order chi connectivity index (χ0) is 20.0. The number of fused-ring (bicyclic) bond motifs is 1. The van der Waals surface area contributed by atoms with Gasteiger partial charge in [0.2, 0.25) is 16.0 Å². The van der Waals surface area contributed by atoms with Crippen molar-refractivity contribution in [2.24, 2.45) is 0 Å². The third kappa shape index (κ3) is 4.70. The van der Waals surface area contributed by atoms with Crippen LogP contribution in [0, 0.1) is 0 Å². The average molecular weight is 406 g/mol. The van der Waals surface area contributed by atoms with E-state index < -0.39 is 10.0 Å². The van der Waals surface area contributed by atoms with E-state index in [1.807, 2.05) is 0 Å². The largest absolute Gasteiger partial charge is 0.463 e. The Kier molecular flexibility index (Phi) is 6.66. The smallest absolute Gasteiger partial charge is 0.241 e. The quantitative estimate of drug-likeness (QED) is 0.479. The van der Waals surface area contributed by atoms with Gasteiger partial charge in [0.25, 0.3) is 0 Å². The maximum Gasteiger partial charge on any atom is 0.241 e. The van der Waals surface area contributed by atoms with Crippen molar-refractivity contribution in [1.82, 2.24) is 18.9 Å². The molecule has 0 saturated heterocycles. The molecule has 0 saturated carbocycles. The fraction of sp³-hybridized carbons (Fsp3) is 0.526. The normalized spacial score (nSPS) is 12.0. The second-order valence-electron chi connectivity index (χ2n) is 6.91. The highest BCUT2D eigenvalue weighted by Gasteiger charge is 2.22. The van der Waals surface area contributed by atoms with Crippen LogP contribution in [-0.4, -0.2) is 33.1 Å². The van der Waals surface area contributed by atoms with Crippen molar-refractivity contribution in [3.05, 3.63) is 24.7 Å². The van der Waals surface area contributed by atoms with E-state index in [1.165, 1.54) is 38.3 Å². The molecule has 0 fully saturated rings. The number of nitrogens with zero attached hydrogens (tertiary/aromatic N) is 4. The first-order valence-electron chi connectivity index (χ1n) is 9.80. The zero-order valence-electron chi connectivity index (χ0n) is 16.2. The van der Waals surface area contributed by atoms with Crippen LogP contribution in [0.15, 0.2) is 29.1 Å². The summed E-state index contributed by atoms with van der Waals surface area (Å²) >= 11 is 0. The molecule has 2 N–H and O–H groups in total. The van der Waals surface area contributed by atoms with Crippen molar-refractivity contribution >= 4 is 27.1 Å². The number of rotatable bonds is 11. The lowest BCUT2D eigenvalue weighted by Crippen LogP contribution is -2.16. The van der Waals surface area contributed by atoms with Crippen LogP contribution in [0.5, 0.6) is 0 Å². The number of nitrogen functional groups attached to an aromatic ring is 1. The molecule has 0 aromatic carbocycles. The summed E-state index contributed by atoms with van der Waals surface area (Å²) < 4.78 is 32.0. The van der Waals surface area contributed by atoms with Crippen LogP contribution >= 0.6 is 0 Å². The van der Waals surface area contributed by atoms with Crippen LogP contribution in [0.3, 0.4) is 0 Å². The molecule has 0 unspecified atom stereocenters. The lowest BCUT2D eigenvalue weighted by Gasteiger charge is -2.07. The predicted molar refractivity (Wildman–Crippen MR) is 109 cm³/mol. The van der Waals surface area contributed by atoms with Crippen LogP contribution < -0.4 is 5.73 Å². The minimum atomic E-state index is -3.57. The molecule has 3 heterocycles. The summed E-state index contributed by atoms with van der Waals surface area (Å²) in [5.41, 5.74) is 6.70. The summed E-state index contributed by atoms with van der Waals surface area (Å²) in [5.74, 6) is 0.487. The first-order chi connectivity index (χ1) is 13.5. The standard InChI is InChI=1S/C19H27N5O3S/c1-2-3-4-5-6-7-8-9-13-28(25,26)24-14-21-17-16(15-11-10-12-27-15)22-19(20)23-18(17)24/h10-12,14H,2-9,13H2,1H3,(H2,20,22,23). The van der Waals surface area contributed by atoms with Crippen molar-refractivity contribution in [2.75, 3.05) is 11.5 Å². The van der Waals surface area contributed by atoms with Gasteiger partial charge in [0, 0.05) is 0 Å². The van der Waals surface area contributed by atoms with Crippen LogP contribution in [0.4, 0.5) is 5.95 Å². The highest BCUT2D eigenvalue weighted by atomic mass is 32.2. The summed E-state index contributed by atoms with van der Waals surface area (Å²) in [7, 11) is -3.57. The monoisotopic (exact) mass is 405 g/mol. The van der Waals surface area contributed by atoms with Gasteiger partial charge in [-0.3, -0.25) is 0 Å². The van der Waals surface area contributed by atoms with E-state index in [0.717, 1.165) is 23.2 Å². The zero-order valence-corrected chi connectivity index (χ0v) is 17.0. The van der Waals surface area contributed by atoms with Gasteiger partial charge in [-0.25, -0.2) is 22.4 Å². The molecule has 0 amide bonds. The van der Waals surface area contributed by atoms with Crippen molar-refractivity contribution in [2.45, 2.75) is 58.3 Å². The van der Waals surface area contributed by atoms with Gasteiger partial charge in [-0.15, -0.1) is 0 Å². The molecule has 28 heavy (non-hydrogen) atoms. The molecule has 3 aromatic heterocycles. The van der Waals surface area contributed by atoms with E-state index in [2.05, 4.69) is 21.9 Å². The van der Waals surface area contributed by atoms with Crippen molar-refractivity contribution in [3.63, 3.8) is 0 Å². The second kappa shape index (κ2) is 9.18. The molecule has 0 atom stereocenters. The number of hydrogen-bond acceptors (Lipinski definition) is 7. The van der Waals surface area contributed by atoms with E-state index in [4.69, 9.17) is 10.2 Å². The Hall–Kier alpha value is -2.42. The van der Waals surface area contributed by atoms with Crippen molar-refractivity contribution in [3.8, 4) is 11.5 Å². The molecule has 8 nitrogen and oxygen atoms in total. The van der Waals surface area contributed by atoms with Gasteiger partial charge in [0.15, 0.2) is 11.4 Å². The minimum Gasteiger partial charge on any atom is -0.463 e. The maximum absolute atomic E-state index is 12.8. The van der Waals surface area contributed by atoms with Gasteiger partial charge in [-0.1, -0.05) is 51.9 Å². The molecule has 9 heteroatoms. The number of hydrogen-bond donors (Lipinski definition) is 1. The van der Waals surface area contributed by atoms with Gasteiger partial charge in [0.1, 0.15) is 17.5 Å².